The SMILES string of the molecule is Cc1nn(C)cc1CN1CCC(C)(CN)C1.Cl. The second-order valence-corrected chi connectivity index (χ2v) is 5.39. The molecule has 5 heteroatoms. The van der Waals surface area contributed by atoms with Crippen molar-refractivity contribution in [1.29, 1.82) is 0 Å². The van der Waals surface area contributed by atoms with Crippen LogP contribution in [-0.2, 0) is 13.6 Å². The van der Waals surface area contributed by atoms with Gasteiger partial charge in [0.05, 0.1) is 5.69 Å². The van der Waals surface area contributed by atoms with Crippen molar-refractivity contribution in [1.82, 2.24) is 14.7 Å². The Balaban J connectivity index is 0.00000144. The molecule has 0 bridgehead atoms. The summed E-state index contributed by atoms with van der Waals surface area (Å²) in [5.41, 5.74) is 8.61. The lowest BCUT2D eigenvalue weighted by atomic mass is 9.90. The highest BCUT2D eigenvalue weighted by molar-refractivity contribution is 5.85. The van der Waals surface area contributed by atoms with Crippen molar-refractivity contribution in [2.75, 3.05) is 19.6 Å². The zero-order valence-electron chi connectivity index (χ0n) is 10.9. The zero-order chi connectivity index (χ0) is 11.8. The summed E-state index contributed by atoms with van der Waals surface area (Å²) in [6, 6.07) is 0. The van der Waals surface area contributed by atoms with Crippen LogP contribution < -0.4 is 5.73 Å². The first-order chi connectivity index (χ1) is 7.52. The average molecular weight is 259 g/mol. The minimum absolute atomic E-state index is 0. The van der Waals surface area contributed by atoms with Crippen LogP contribution in [0, 0.1) is 12.3 Å². The Morgan fingerprint density at radius 3 is 2.71 bits per heavy atom. The number of hydrogen-bond acceptors (Lipinski definition) is 3. The van der Waals surface area contributed by atoms with Crippen LogP contribution in [0.5, 0.6) is 0 Å². The Labute approximate surface area is 110 Å². The van der Waals surface area contributed by atoms with Gasteiger partial charge in [-0.3, -0.25) is 9.58 Å². The molecule has 0 amide bonds. The van der Waals surface area contributed by atoms with Crippen molar-refractivity contribution < 1.29 is 0 Å². The standard InChI is InChI=1S/C12H22N4.ClH/c1-10-11(6-15(3)14-10)7-16-5-4-12(2,8-13)9-16;/h6H,4-5,7-9,13H2,1-3H3;1H. The Bertz CT molecular complexity index is 377. The van der Waals surface area contributed by atoms with E-state index in [1.54, 1.807) is 0 Å². The maximum atomic E-state index is 5.81. The molecule has 1 aliphatic rings. The number of aromatic nitrogens is 2. The molecule has 2 heterocycles. The minimum Gasteiger partial charge on any atom is -0.330 e. The van der Waals surface area contributed by atoms with E-state index in [1.165, 1.54) is 12.0 Å². The van der Waals surface area contributed by atoms with Gasteiger partial charge in [0.15, 0.2) is 0 Å². The van der Waals surface area contributed by atoms with Crippen LogP contribution in [0.1, 0.15) is 24.6 Å². The topological polar surface area (TPSA) is 47.1 Å². The van der Waals surface area contributed by atoms with Crippen LogP contribution in [0.25, 0.3) is 0 Å². The van der Waals surface area contributed by atoms with E-state index in [0.717, 1.165) is 31.9 Å². The van der Waals surface area contributed by atoms with E-state index in [-0.39, 0.29) is 12.4 Å². The zero-order valence-corrected chi connectivity index (χ0v) is 11.8. The second-order valence-electron chi connectivity index (χ2n) is 5.39. The van der Waals surface area contributed by atoms with Crippen LogP contribution in [0.3, 0.4) is 0 Å². The van der Waals surface area contributed by atoms with Crippen molar-refractivity contribution >= 4 is 12.4 Å². The lowest BCUT2D eigenvalue weighted by Gasteiger charge is -2.22. The molecule has 0 radical (unpaired) electrons. The number of aryl methyl sites for hydroxylation is 2. The maximum absolute atomic E-state index is 5.81. The molecule has 1 aromatic rings. The van der Waals surface area contributed by atoms with Gasteiger partial charge in [-0.25, -0.2) is 0 Å². The molecule has 17 heavy (non-hydrogen) atoms. The molecule has 2 N–H and O–H groups in total. The predicted octanol–water partition coefficient (Wildman–Crippen LogP) is 1.32. The molecule has 2 rings (SSSR count). The lowest BCUT2D eigenvalue weighted by molar-refractivity contribution is 0.274. The first kappa shape index (κ1) is 14.5. The molecule has 0 spiro atoms. The summed E-state index contributed by atoms with van der Waals surface area (Å²) in [4.78, 5) is 2.48. The molecular formula is C12H23ClN4. The van der Waals surface area contributed by atoms with Gasteiger partial charge in [0, 0.05) is 31.9 Å². The van der Waals surface area contributed by atoms with Crippen LogP contribution in [0.4, 0.5) is 0 Å². The van der Waals surface area contributed by atoms with E-state index in [0.29, 0.717) is 5.41 Å². The van der Waals surface area contributed by atoms with E-state index in [2.05, 4.69) is 30.0 Å². The van der Waals surface area contributed by atoms with E-state index >= 15 is 0 Å². The van der Waals surface area contributed by atoms with Gasteiger partial charge >= 0.3 is 0 Å². The van der Waals surface area contributed by atoms with E-state index in [4.69, 9.17) is 5.73 Å². The van der Waals surface area contributed by atoms with Gasteiger partial charge in [-0.1, -0.05) is 6.92 Å². The summed E-state index contributed by atoms with van der Waals surface area (Å²) in [7, 11) is 1.98. The smallest absolute Gasteiger partial charge is 0.0638 e. The van der Waals surface area contributed by atoms with Crippen molar-refractivity contribution in [3.05, 3.63) is 17.5 Å². The van der Waals surface area contributed by atoms with Gasteiger partial charge in [0.1, 0.15) is 0 Å². The Morgan fingerprint density at radius 1 is 1.53 bits per heavy atom. The monoisotopic (exact) mass is 258 g/mol. The summed E-state index contributed by atoms with van der Waals surface area (Å²) in [5, 5.41) is 4.37. The molecule has 1 saturated heterocycles. The quantitative estimate of drug-likeness (QED) is 0.890. The summed E-state index contributed by atoms with van der Waals surface area (Å²) >= 11 is 0. The number of halogens is 1. The molecule has 0 aromatic carbocycles. The van der Waals surface area contributed by atoms with Gasteiger partial charge in [0.2, 0.25) is 0 Å². The first-order valence-corrected chi connectivity index (χ1v) is 5.94. The molecule has 4 nitrogen and oxygen atoms in total. The lowest BCUT2D eigenvalue weighted by Crippen LogP contribution is -2.31. The molecule has 1 atom stereocenters. The third kappa shape index (κ3) is 3.21. The highest BCUT2D eigenvalue weighted by Crippen LogP contribution is 2.29. The van der Waals surface area contributed by atoms with Crippen LogP contribution in [0.2, 0.25) is 0 Å². The summed E-state index contributed by atoms with van der Waals surface area (Å²) in [5.74, 6) is 0. The molecule has 98 valence electrons. The number of hydrogen-bond donors (Lipinski definition) is 1. The fraction of sp³-hybridized carbons (Fsp3) is 0.750. The Hall–Kier alpha value is -0.580. The molecule has 0 saturated carbocycles. The average Bonchev–Trinajstić information content (AvgIpc) is 2.73. The molecule has 1 aliphatic heterocycles. The third-order valence-corrected chi connectivity index (χ3v) is 3.64. The summed E-state index contributed by atoms with van der Waals surface area (Å²) in [6.45, 7) is 8.42. The highest BCUT2D eigenvalue weighted by atomic mass is 35.5. The van der Waals surface area contributed by atoms with Gasteiger partial charge in [-0.2, -0.15) is 5.10 Å². The number of nitrogens with zero attached hydrogens (tertiary/aromatic N) is 3. The number of rotatable bonds is 3. The molecule has 1 unspecified atom stereocenters. The van der Waals surface area contributed by atoms with Crippen molar-refractivity contribution in [3.63, 3.8) is 0 Å². The van der Waals surface area contributed by atoms with Crippen LogP contribution >= 0.6 is 12.4 Å². The van der Waals surface area contributed by atoms with Gasteiger partial charge in [-0.15, -0.1) is 12.4 Å². The first-order valence-electron chi connectivity index (χ1n) is 5.94. The van der Waals surface area contributed by atoms with Crippen molar-refractivity contribution in [2.24, 2.45) is 18.2 Å². The largest absolute Gasteiger partial charge is 0.330 e. The summed E-state index contributed by atoms with van der Waals surface area (Å²) < 4.78 is 1.89. The molecular weight excluding hydrogens is 236 g/mol. The maximum Gasteiger partial charge on any atom is 0.0638 e. The Kier molecular flexibility index (Phi) is 4.58. The highest BCUT2D eigenvalue weighted by Gasteiger charge is 2.32. The fourth-order valence-corrected chi connectivity index (χ4v) is 2.47. The van der Waals surface area contributed by atoms with Crippen molar-refractivity contribution in [2.45, 2.75) is 26.8 Å². The predicted molar refractivity (Wildman–Crippen MR) is 72.2 cm³/mol. The molecule has 1 fully saturated rings. The third-order valence-electron chi connectivity index (χ3n) is 3.64. The van der Waals surface area contributed by atoms with E-state index in [9.17, 15) is 0 Å². The Morgan fingerprint density at radius 2 is 2.24 bits per heavy atom. The van der Waals surface area contributed by atoms with E-state index in [1.807, 2.05) is 11.7 Å². The van der Waals surface area contributed by atoms with E-state index < -0.39 is 0 Å². The van der Waals surface area contributed by atoms with Crippen molar-refractivity contribution in [3.8, 4) is 0 Å². The van der Waals surface area contributed by atoms with Crippen LogP contribution in [-0.4, -0.2) is 34.3 Å². The number of likely N-dealkylation sites (tertiary alicyclic amines) is 1. The van der Waals surface area contributed by atoms with Gasteiger partial charge in [-0.05, 0) is 31.8 Å². The van der Waals surface area contributed by atoms with Crippen LogP contribution in [0.15, 0.2) is 6.20 Å². The molecule has 1 aromatic heterocycles. The number of nitrogens with two attached hydrogens (primary N) is 1. The second kappa shape index (κ2) is 5.38. The minimum atomic E-state index is 0. The normalized spacial score (nSPS) is 24.9. The van der Waals surface area contributed by atoms with Gasteiger partial charge in [0.25, 0.3) is 0 Å². The fourth-order valence-electron chi connectivity index (χ4n) is 2.47. The summed E-state index contributed by atoms with van der Waals surface area (Å²) in [6.07, 6.45) is 3.33. The van der Waals surface area contributed by atoms with Gasteiger partial charge < -0.3 is 5.73 Å². The molecule has 0 aliphatic carbocycles.